The Morgan fingerprint density at radius 1 is 1.56 bits per heavy atom. The molecule has 0 radical (unpaired) electrons. The van der Waals surface area contributed by atoms with Gasteiger partial charge in [0.1, 0.15) is 5.00 Å². The number of hydrogen-bond donors (Lipinski definition) is 2. The number of rotatable bonds is 5. The van der Waals surface area contributed by atoms with E-state index in [-0.39, 0.29) is 5.78 Å². The van der Waals surface area contributed by atoms with Crippen LogP contribution in [0.25, 0.3) is 0 Å². The van der Waals surface area contributed by atoms with Crippen molar-refractivity contribution in [1.29, 1.82) is 0 Å². The maximum Gasteiger partial charge on any atom is 0.171 e. The molecule has 0 aliphatic heterocycles. The summed E-state index contributed by atoms with van der Waals surface area (Å²) in [5.74, 6) is 0.0516. The van der Waals surface area contributed by atoms with Crippen molar-refractivity contribution in [3.63, 3.8) is 0 Å². The number of anilines is 2. The molecule has 1 aromatic heterocycles. The molecule has 0 aromatic carbocycles. The van der Waals surface area contributed by atoms with Crippen LogP contribution >= 0.6 is 23.1 Å². The second-order valence-electron chi connectivity index (χ2n) is 5.28. The van der Waals surface area contributed by atoms with E-state index in [1.54, 1.807) is 18.7 Å². The third kappa shape index (κ3) is 2.52. The largest absolute Gasteiger partial charge is 0.396 e. The zero-order valence-corrected chi connectivity index (χ0v) is 12.8. The molecule has 1 aliphatic carbocycles. The molecular weight excluding hydrogens is 264 g/mol. The van der Waals surface area contributed by atoms with Gasteiger partial charge in [-0.1, -0.05) is 13.3 Å². The van der Waals surface area contributed by atoms with Crippen molar-refractivity contribution in [3.05, 3.63) is 4.88 Å². The second-order valence-corrected chi connectivity index (χ2v) is 7.12. The summed E-state index contributed by atoms with van der Waals surface area (Å²) in [5.41, 5.74) is 7.09. The Morgan fingerprint density at radius 3 is 2.67 bits per heavy atom. The first-order valence-corrected chi connectivity index (χ1v) is 8.22. The van der Waals surface area contributed by atoms with E-state index in [4.69, 9.17) is 5.73 Å². The minimum atomic E-state index is 0.0516. The zero-order valence-electron chi connectivity index (χ0n) is 11.1. The van der Waals surface area contributed by atoms with Crippen molar-refractivity contribution in [2.75, 3.05) is 23.9 Å². The fourth-order valence-electron chi connectivity index (χ4n) is 2.26. The molecule has 5 heteroatoms. The van der Waals surface area contributed by atoms with Gasteiger partial charge in [0.25, 0.3) is 0 Å². The number of hydrogen-bond acceptors (Lipinski definition) is 5. The molecule has 1 aliphatic rings. The highest BCUT2D eigenvalue weighted by molar-refractivity contribution is 7.99. The predicted molar refractivity (Wildman–Crippen MR) is 81.0 cm³/mol. The smallest absolute Gasteiger partial charge is 0.171 e. The van der Waals surface area contributed by atoms with E-state index in [9.17, 15) is 4.79 Å². The summed E-state index contributed by atoms with van der Waals surface area (Å²) in [7, 11) is 0. The summed E-state index contributed by atoms with van der Waals surface area (Å²) in [4.78, 5) is 13.2. The lowest BCUT2D eigenvalue weighted by Gasteiger charge is -2.38. The molecule has 1 fully saturated rings. The summed E-state index contributed by atoms with van der Waals surface area (Å²) >= 11 is 3.09. The van der Waals surface area contributed by atoms with Crippen LogP contribution in [-0.2, 0) is 0 Å². The van der Waals surface area contributed by atoms with Gasteiger partial charge in [-0.3, -0.25) is 4.79 Å². The zero-order chi connectivity index (χ0) is 13.3. The molecule has 100 valence electrons. The lowest BCUT2D eigenvalue weighted by atomic mass is 9.70. The van der Waals surface area contributed by atoms with E-state index in [0.717, 1.165) is 16.4 Å². The quantitative estimate of drug-likeness (QED) is 0.637. The van der Waals surface area contributed by atoms with Crippen LogP contribution in [-0.4, -0.2) is 18.6 Å². The van der Waals surface area contributed by atoms with Crippen molar-refractivity contribution in [1.82, 2.24) is 0 Å². The number of nitrogen functional groups attached to an aromatic ring is 1. The van der Waals surface area contributed by atoms with Gasteiger partial charge >= 0.3 is 0 Å². The molecule has 3 N–H and O–H groups in total. The van der Waals surface area contributed by atoms with Crippen LogP contribution in [0.3, 0.4) is 0 Å². The van der Waals surface area contributed by atoms with Crippen LogP contribution in [0.2, 0.25) is 0 Å². The third-order valence-corrected chi connectivity index (χ3v) is 5.89. The number of carbonyl (C=O) groups is 1. The lowest BCUT2D eigenvalue weighted by Crippen LogP contribution is -2.33. The molecule has 18 heavy (non-hydrogen) atoms. The lowest BCUT2D eigenvalue weighted by molar-refractivity contribution is 0.102. The maximum absolute atomic E-state index is 11.5. The number of Topliss-reactive ketones (excluding diaryl/α,β-unsaturated/α-hetero) is 1. The first kappa shape index (κ1) is 13.7. The molecule has 1 heterocycles. The molecule has 0 bridgehead atoms. The van der Waals surface area contributed by atoms with Crippen LogP contribution in [0, 0.1) is 5.41 Å². The Morgan fingerprint density at radius 2 is 2.22 bits per heavy atom. The maximum atomic E-state index is 11.5. The van der Waals surface area contributed by atoms with E-state index < -0.39 is 0 Å². The van der Waals surface area contributed by atoms with Crippen molar-refractivity contribution in [2.24, 2.45) is 5.41 Å². The predicted octanol–water partition coefficient (Wildman–Crippen LogP) is 3.86. The summed E-state index contributed by atoms with van der Waals surface area (Å²) < 4.78 is 0. The average molecular weight is 284 g/mol. The van der Waals surface area contributed by atoms with Gasteiger partial charge in [0, 0.05) is 13.5 Å². The van der Waals surface area contributed by atoms with Gasteiger partial charge in [0.05, 0.1) is 15.5 Å². The molecule has 0 amide bonds. The topological polar surface area (TPSA) is 55.1 Å². The Balaban J connectivity index is 2.16. The highest BCUT2D eigenvalue weighted by Crippen LogP contribution is 2.44. The van der Waals surface area contributed by atoms with E-state index in [1.807, 2.05) is 6.26 Å². The second kappa shape index (κ2) is 5.13. The van der Waals surface area contributed by atoms with Gasteiger partial charge in [-0.2, -0.15) is 0 Å². The van der Waals surface area contributed by atoms with Crippen LogP contribution in [0.15, 0.2) is 4.90 Å². The molecular formula is C13H20N2OS2. The Hall–Kier alpha value is -0.680. The monoisotopic (exact) mass is 284 g/mol. The van der Waals surface area contributed by atoms with Gasteiger partial charge in [0.2, 0.25) is 0 Å². The number of thioether (sulfide) groups is 1. The summed E-state index contributed by atoms with van der Waals surface area (Å²) in [5, 5.41) is 4.54. The standard InChI is InChI=1S/C13H20N2OS2/c1-8(16)10-9(14)11(17-3)12(18-10)15-7-13(2)5-4-6-13/h15H,4-7,14H2,1-3H3. The van der Waals surface area contributed by atoms with Crippen molar-refractivity contribution in [2.45, 2.75) is 38.0 Å². The first-order valence-electron chi connectivity index (χ1n) is 6.18. The number of carbonyl (C=O) groups excluding carboxylic acids is 1. The van der Waals surface area contributed by atoms with Crippen molar-refractivity contribution < 1.29 is 4.79 Å². The van der Waals surface area contributed by atoms with Gasteiger partial charge in [0.15, 0.2) is 5.78 Å². The number of nitrogens with one attached hydrogen (secondary N) is 1. The molecule has 0 unspecified atom stereocenters. The fourth-order valence-corrected chi connectivity index (χ4v) is 4.19. The summed E-state index contributed by atoms with van der Waals surface area (Å²) in [6.07, 6.45) is 5.90. The van der Waals surface area contributed by atoms with E-state index >= 15 is 0 Å². The molecule has 0 spiro atoms. The van der Waals surface area contributed by atoms with Crippen LogP contribution < -0.4 is 11.1 Å². The van der Waals surface area contributed by atoms with E-state index in [1.165, 1.54) is 30.6 Å². The van der Waals surface area contributed by atoms with Gasteiger partial charge in [-0.15, -0.1) is 23.1 Å². The van der Waals surface area contributed by atoms with E-state index in [0.29, 0.717) is 16.0 Å². The molecule has 0 atom stereocenters. The van der Waals surface area contributed by atoms with Crippen LogP contribution in [0.5, 0.6) is 0 Å². The summed E-state index contributed by atoms with van der Waals surface area (Å²) in [6, 6.07) is 0. The Kier molecular flexibility index (Phi) is 3.92. The Bertz CT molecular complexity index is 464. The first-order chi connectivity index (χ1) is 8.47. The van der Waals surface area contributed by atoms with Crippen molar-refractivity contribution in [3.8, 4) is 0 Å². The highest BCUT2D eigenvalue weighted by Gasteiger charge is 2.32. The van der Waals surface area contributed by atoms with Gasteiger partial charge in [-0.25, -0.2) is 0 Å². The molecule has 0 saturated heterocycles. The van der Waals surface area contributed by atoms with Crippen LogP contribution in [0.1, 0.15) is 42.8 Å². The molecule has 1 aromatic rings. The molecule has 1 saturated carbocycles. The minimum Gasteiger partial charge on any atom is -0.396 e. The SMILES string of the molecule is CSc1c(NCC2(C)CCC2)sc(C(C)=O)c1N. The summed E-state index contributed by atoms with van der Waals surface area (Å²) in [6.45, 7) is 4.85. The van der Waals surface area contributed by atoms with Crippen molar-refractivity contribution >= 4 is 39.6 Å². The molecule has 2 rings (SSSR count). The number of thiophene rings is 1. The third-order valence-electron chi connectivity index (χ3n) is 3.66. The average Bonchev–Trinajstić information content (AvgIpc) is 2.60. The Labute approximate surface area is 117 Å². The number of nitrogens with two attached hydrogens (primary N) is 1. The molecule has 3 nitrogen and oxygen atoms in total. The van der Waals surface area contributed by atoms with Crippen LogP contribution in [0.4, 0.5) is 10.7 Å². The highest BCUT2D eigenvalue weighted by atomic mass is 32.2. The minimum absolute atomic E-state index is 0.0516. The normalized spacial score (nSPS) is 17.3. The van der Waals surface area contributed by atoms with E-state index in [2.05, 4.69) is 12.2 Å². The van der Waals surface area contributed by atoms with Gasteiger partial charge in [-0.05, 0) is 24.5 Å². The fraction of sp³-hybridized carbons (Fsp3) is 0.615. The number of ketones is 1. The van der Waals surface area contributed by atoms with Gasteiger partial charge < -0.3 is 11.1 Å².